The smallest absolute Gasteiger partial charge is 0.312 e. The molecule has 1 heterocycles. The van der Waals surface area contributed by atoms with Crippen LogP contribution in [0.2, 0.25) is 0 Å². The minimum Gasteiger partial charge on any atom is -0.427 e. The number of carbonyl (C=O) groups is 1. The van der Waals surface area contributed by atoms with Gasteiger partial charge in [-0.25, -0.2) is 0 Å². The third-order valence-corrected chi connectivity index (χ3v) is 2.55. The highest BCUT2D eigenvalue weighted by Crippen LogP contribution is 1.99. The Morgan fingerprint density at radius 3 is 2.56 bits per heavy atom. The highest BCUT2D eigenvalue weighted by molar-refractivity contribution is 6.76. The summed E-state index contributed by atoms with van der Waals surface area (Å²) in [7, 11) is 1.63. The summed E-state index contributed by atoms with van der Waals surface area (Å²) in [4.78, 5) is 11.3. The summed E-state index contributed by atoms with van der Waals surface area (Å²) in [5.41, 5.74) is 1.83. The molecule has 1 aromatic carbocycles. The molecule has 1 aliphatic rings. The van der Waals surface area contributed by atoms with Crippen molar-refractivity contribution in [3.63, 3.8) is 0 Å². The van der Waals surface area contributed by atoms with Gasteiger partial charge in [0.25, 0.3) is 5.91 Å². The third kappa shape index (κ3) is 2.16. The topological polar surface area (TPSA) is 41.1 Å². The Balaban J connectivity index is 2.16. The fraction of sp³-hybridized carbons (Fsp3) is 0.0833. The summed E-state index contributed by atoms with van der Waals surface area (Å²) in [6.07, 6.45) is 5.88. The first-order valence-electron chi connectivity index (χ1n) is 5.22. The van der Waals surface area contributed by atoms with Crippen molar-refractivity contribution >= 4 is 18.2 Å². The van der Waals surface area contributed by atoms with E-state index >= 15 is 0 Å². The molecule has 1 aliphatic heterocycles. The predicted octanol–water partition coefficient (Wildman–Crippen LogP) is 0.457. The van der Waals surface area contributed by atoms with Gasteiger partial charge in [-0.05, 0) is 24.4 Å². The van der Waals surface area contributed by atoms with E-state index < -0.39 is 0 Å². The standard InChI is InChI=1S/C12H13BN2O/c1-14-12(16)10-4-6-11(7-5-10)13-8-2-3-9-15-13/h2-9,15H,1H3,(H,14,16). The highest BCUT2D eigenvalue weighted by atomic mass is 16.1. The first-order valence-corrected chi connectivity index (χ1v) is 5.22. The monoisotopic (exact) mass is 212 g/mol. The van der Waals surface area contributed by atoms with Crippen LogP contribution in [-0.2, 0) is 0 Å². The zero-order valence-electron chi connectivity index (χ0n) is 9.10. The molecule has 0 aromatic heterocycles. The van der Waals surface area contributed by atoms with E-state index in [0.717, 1.165) is 5.46 Å². The molecule has 2 N–H and O–H groups in total. The molecule has 0 atom stereocenters. The van der Waals surface area contributed by atoms with Crippen LogP contribution in [0.25, 0.3) is 0 Å². The maximum absolute atomic E-state index is 11.3. The van der Waals surface area contributed by atoms with Crippen molar-refractivity contribution in [2.45, 2.75) is 0 Å². The van der Waals surface area contributed by atoms with Crippen LogP contribution in [0.4, 0.5) is 0 Å². The lowest BCUT2D eigenvalue weighted by Crippen LogP contribution is -2.41. The number of carbonyl (C=O) groups excluding carboxylic acids is 1. The van der Waals surface area contributed by atoms with E-state index in [1.807, 2.05) is 42.6 Å². The number of allylic oxidation sites excluding steroid dienone is 2. The van der Waals surface area contributed by atoms with Crippen molar-refractivity contribution < 1.29 is 4.79 Å². The quantitative estimate of drug-likeness (QED) is 0.699. The minimum atomic E-state index is -0.0569. The van der Waals surface area contributed by atoms with Gasteiger partial charge < -0.3 is 10.5 Å². The predicted molar refractivity (Wildman–Crippen MR) is 66.6 cm³/mol. The Hall–Kier alpha value is -1.97. The second kappa shape index (κ2) is 4.70. The molecular formula is C12H13BN2O. The molecule has 0 saturated carbocycles. The number of hydrogen-bond acceptors (Lipinski definition) is 2. The van der Waals surface area contributed by atoms with Crippen LogP contribution in [-0.4, -0.2) is 19.8 Å². The average Bonchev–Trinajstić information content (AvgIpc) is 2.39. The van der Waals surface area contributed by atoms with E-state index in [9.17, 15) is 4.79 Å². The molecule has 0 unspecified atom stereocenters. The molecule has 0 fully saturated rings. The van der Waals surface area contributed by atoms with E-state index in [0.29, 0.717) is 5.56 Å². The first kappa shape index (κ1) is 10.5. The van der Waals surface area contributed by atoms with Gasteiger partial charge in [0.1, 0.15) is 0 Å². The van der Waals surface area contributed by atoms with Gasteiger partial charge in [0, 0.05) is 12.6 Å². The molecule has 0 aliphatic carbocycles. The summed E-state index contributed by atoms with van der Waals surface area (Å²) >= 11 is 0. The SMILES string of the molecule is CNC(=O)c1ccc(B2C=CC=CN2)cc1. The zero-order valence-corrected chi connectivity index (χ0v) is 9.10. The highest BCUT2D eigenvalue weighted by Gasteiger charge is 2.13. The minimum absolute atomic E-state index is 0.0569. The zero-order chi connectivity index (χ0) is 11.4. The van der Waals surface area contributed by atoms with Crippen LogP contribution in [0.1, 0.15) is 10.4 Å². The lowest BCUT2D eigenvalue weighted by Gasteiger charge is -2.12. The molecule has 80 valence electrons. The summed E-state index contributed by atoms with van der Waals surface area (Å²) in [6.45, 7) is 0.198. The Kier molecular flexibility index (Phi) is 3.10. The van der Waals surface area contributed by atoms with Gasteiger partial charge in [0.05, 0.1) is 0 Å². The first-order chi connectivity index (χ1) is 7.81. The van der Waals surface area contributed by atoms with Gasteiger partial charge in [0.15, 0.2) is 0 Å². The van der Waals surface area contributed by atoms with E-state index in [4.69, 9.17) is 0 Å². The van der Waals surface area contributed by atoms with Crippen molar-refractivity contribution in [1.82, 2.24) is 10.5 Å². The van der Waals surface area contributed by atoms with Gasteiger partial charge in [-0.3, -0.25) is 4.79 Å². The van der Waals surface area contributed by atoms with E-state index in [2.05, 4.69) is 16.5 Å². The Labute approximate surface area is 95.3 Å². The van der Waals surface area contributed by atoms with Crippen molar-refractivity contribution in [1.29, 1.82) is 0 Å². The van der Waals surface area contributed by atoms with Crippen molar-refractivity contribution in [2.75, 3.05) is 7.05 Å². The number of benzene rings is 1. The van der Waals surface area contributed by atoms with Crippen LogP contribution in [0, 0.1) is 0 Å². The normalized spacial score (nSPS) is 13.4. The van der Waals surface area contributed by atoms with Gasteiger partial charge >= 0.3 is 6.85 Å². The van der Waals surface area contributed by atoms with Crippen LogP contribution in [0.15, 0.2) is 48.6 Å². The molecular weight excluding hydrogens is 199 g/mol. The summed E-state index contributed by atoms with van der Waals surface area (Å²) in [5, 5.41) is 5.83. The number of hydrogen-bond donors (Lipinski definition) is 2. The van der Waals surface area contributed by atoms with E-state index in [1.54, 1.807) is 7.05 Å². The molecule has 1 amide bonds. The van der Waals surface area contributed by atoms with Crippen molar-refractivity contribution in [3.8, 4) is 0 Å². The fourth-order valence-electron chi connectivity index (χ4n) is 1.64. The Morgan fingerprint density at radius 2 is 2.00 bits per heavy atom. The number of rotatable bonds is 2. The Bertz CT molecular complexity index is 437. The van der Waals surface area contributed by atoms with Gasteiger partial charge in [0.2, 0.25) is 0 Å². The molecule has 4 heteroatoms. The van der Waals surface area contributed by atoms with E-state index in [-0.39, 0.29) is 12.8 Å². The molecule has 3 nitrogen and oxygen atoms in total. The Morgan fingerprint density at radius 1 is 1.25 bits per heavy atom. The van der Waals surface area contributed by atoms with Crippen LogP contribution < -0.4 is 16.0 Å². The lowest BCUT2D eigenvalue weighted by atomic mass is 9.55. The van der Waals surface area contributed by atoms with Crippen LogP contribution in [0.5, 0.6) is 0 Å². The van der Waals surface area contributed by atoms with Gasteiger partial charge in [-0.2, -0.15) is 0 Å². The van der Waals surface area contributed by atoms with E-state index in [1.165, 1.54) is 0 Å². The molecule has 0 radical (unpaired) electrons. The van der Waals surface area contributed by atoms with Crippen LogP contribution >= 0.6 is 0 Å². The average molecular weight is 212 g/mol. The second-order valence-electron chi connectivity index (χ2n) is 3.59. The molecule has 2 rings (SSSR count). The summed E-state index contributed by atoms with van der Waals surface area (Å²) in [6, 6.07) is 7.60. The summed E-state index contributed by atoms with van der Waals surface area (Å²) in [5.74, 6) is 2.02. The molecule has 0 bridgehead atoms. The van der Waals surface area contributed by atoms with Crippen LogP contribution in [0.3, 0.4) is 0 Å². The lowest BCUT2D eigenvalue weighted by molar-refractivity contribution is 0.0963. The maximum Gasteiger partial charge on any atom is 0.312 e. The second-order valence-corrected chi connectivity index (χ2v) is 3.59. The maximum atomic E-state index is 11.3. The van der Waals surface area contributed by atoms with Gasteiger partial charge in [-0.15, -0.1) is 0 Å². The largest absolute Gasteiger partial charge is 0.427 e. The number of amides is 1. The third-order valence-electron chi connectivity index (χ3n) is 2.55. The van der Waals surface area contributed by atoms with Crippen molar-refractivity contribution in [3.05, 3.63) is 54.2 Å². The molecule has 1 aromatic rings. The molecule has 0 spiro atoms. The summed E-state index contributed by atoms with van der Waals surface area (Å²) < 4.78 is 0. The molecule has 0 saturated heterocycles. The van der Waals surface area contributed by atoms with Crippen molar-refractivity contribution in [2.24, 2.45) is 0 Å². The number of nitrogens with one attached hydrogen (secondary N) is 2. The fourth-order valence-corrected chi connectivity index (χ4v) is 1.64. The van der Waals surface area contributed by atoms with Gasteiger partial charge in [-0.1, -0.05) is 29.6 Å². The molecule has 16 heavy (non-hydrogen) atoms.